The maximum absolute atomic E-state index is 14.1. The number of esters is 1. The number of unbranched alkanes of at least 4 members (excludes halogenated alkanes) is 2. The fourth-order valence-corrected chi connectivity index (χ4v) is 6.26. The van der Waals surface area contributed by atoms with E-state index >= 15 is 0 Å². The average Bonchev–Trinajstić information content (AvgIpc) is 3.44. The third-order valence-corrected chi connectivity index (χ3v) is 7.57. The first-order chi connectivity index (χ1) is 16.3. The molecule has 2 amide bonds. The summed E-state index contributed by atoms with van der Waals surface area (Å²) in [7, 11) is 0. The molecule has 3 aliphatic heterocycles. The van der Waals surface area contributed by atoms with Crippen molar-refractivity contribution in [1.29, 1.82) is 0 Å². The van der Waals surface area contributed by atoms with Crippen LogP contribution in [0.3, 0.4) is 0 Å². The van der Waals surface area contributed by atoms with Gasteiger partial charge in [0.05, 0.1) is 37.2 Å². The van der Waals surface area contributed by atoms with Gasteiger partial charge >= 0.3 is 5.97 Å². The molecular formula is C26H42N2O6. The molecule has 3 aliphatic rings. The van der Waals surface area contributed by atoms with E-state index in [-0.39, 0.29) is 30.9 Å². The molecule has 6 atom stereocenters. The molecule has 3 fully saturated rings. The summed E-state index contributed by atoms with van der Waals surface area (Å²) in [6.07, 6.45) is 5.87. The number of carbonyl (C=O) groups excluding carboxylic acids is 3. The molecular weight excluding hydrogens is 436 g/mol. The van der Waals surface area contributed by atoms with Crippen molar-refractivity contribution in [3.8, 4) is 0 Å². The Morgan fingerprint density at radius 1 is 1.35 bits per heavy atom. The van der Waals surface area contributed by atoms with Crippen molar-refractivity contribution >= 4 is 17.8 Å². The van der Waals surface area contributed by atoms with E-state index in [1.165, 1.54) is 0 Å². The molecule has 8 nitrogen and oxygen atoms in total. The first kappa shape index (κ1) is 26.7. The van der Waals surface area contributed by atoms with Crippen LogP contribution in [0.15, 0.2) is 12.7 Å². The second-order valence-corrected chi connectivity index (χ2v) is 10.3. The Morgan fingerprint density at radius 2 is 2.09 bits per heavy atom. The van der Waals surface area contributed by atoms with E-state index in [4.69, 9.17) is 9.47 Å². The van der Waals surface area contributed by atoms with Gasteiger partial charge in [0.25, 0.3) is 0 Å². The first-order valence-corrected chi connectivity index (χ1v) is 12.9. The van der Waals surface area contributed by atoms with Crippen LogP contribution in [0.1, 0.15) is 66.2 Å². The summed E-state index contributed by atoms with van der Waals surface area (Å²) in [5, 5.41) is 10.3. The minimum Gasteiger partial charge on any atom is -0.466 e. The van der Waals surface area contributed by atoms with E-state index in [9.17, 15) is 19.5 Å². The van der Waals surface area contributed by atoms with Crippen LogP contribution in [0.25, 0.3) is 0 Å². The maximum atomic E-state index is 14.1. The number of ether oxygens (including phenoxy) is 2. The summed E-state index contributed by atoms with van der Waals surface area (Å²) in [4.78, 5) is 44.3. The summed E-state index contributed by atoms with van der Waals surface area (Å²) in [5.41, 5.74) is -1.06. The lowest BCUT2D eigenvalue weighted by molar-refractivity contribution is -0.156. The highest BCUT2D eigenvalue weighted by molar-refractivity contribution is 5.98. The Labute approximate surface area is 203 Å². The minimum atomic E-state index is -1.06. The van der Waals surface area contributed by atoms with Gasteiger partial charge in [-0.15, -0.1) is 6.58 Å². The molecule has 3 saturated heterocycles. The van der Waals surface area contributed by atoms with E-state index in [0.29, 0.717) is 32.4 Å². The van der Waals surface area contributed by atoms with Gasteiger partial charge in [-0.3, -0.25) is 14.4 Å². The van der Waals surface area contributed by atoms with Gasteiger partial charge in [0.2, 0.25) is 11.8 Å². The normalized spacial score (nSPS) is 30.5. The molecule has 1 spiro atoms. The fourth-order valence-electron chi connectivity index (χ4n) is 6.26. The number of nitrogens with zero attached hydrogens (tertiary/aromatic N) is 2. The van der Waals surface area contributed by atoms with E-state index in [1.54, 1.807) is 22.8 Å². The zero-order valence-electron chi connectivity index (χ0n) is 21.2. The number of fused-ring (bicyclic) bond motifs is 1. The lowest BCUT2D eigenvalue weighted by atomic mass is 9.70. The lowest BCUT2D eigenvalue weighted by Crippen LogP contribution is -2.59. The lowest BCUT2D eigenvalue weighted by Gasteiger charge is -2.39. The predicted molar refractivity (Wildman–Crippen MR) is 128 cm³/mol. The van der Waals surface area contributed by atoms with Crippen LogP contribution in [0.5, 0.6) is 0 Å². The molecule has 1 N–H and O–H groups in total. The van der Waals surface area contributed by atoms with Crippen molar-refractivity contribution < 1.29 is 29.0 Å². The minimum absolute atomic E-state index is 0.181. The van der Waals surface area contributed by atoms with Crippen molar-refractivity contribution in [2.45, 2.75) is 90.0 Å². The maximum Gasteiger partial charge on any atom is 0.312 e. The van der Waals surface area contributed by atoms with Gasteiger partial charge in [-0.2, -0.15) is 0 Å². The van der Waals surface area contributed by atoms with Gasteiger partial charge in [0.1, 0.15) is 11.6 Å². The molecule has 0 aromatic carbocycles. The molecule has 0 aromatic heterocycles. The number of carbonyl (C=O) groups is 3. The Balaban J connectivity index is 2.04. The molecule has 3 rings (SSSR count). The second-order valence-electron chi connectivity index (χ2n) is 10.3. The summed E-state index contributed by atoms with van der Waals surface area (Å²) >= 11 is 0. The highest BCUT2D eigenvalue weighted by atomic mass is 16.6. The third kappa shape index (κ3) is 4.63. The van der Waals surface area contributed by atoms with Crippen LogP contribution in [0.4, 0.5) is 0 Å². The highest BCUT2D eigenvalue weighted by Crippen LogP contribution is 2.59. The molecule has 0 saturated carbocycles. The van der Waals surface area contributed by atoms with Crippen LogP contribution in [0, 0.1) is 17.8 Å². The third-order valence-electron chi connectivity index (χ3n) is 7.57. The molecule has 2 unspecified atom stereocenters. The number of likely N-dealkylation sites (tertiary alicyclic amines) is 1. The Morgan fingerprint density at radius 3 is 2.68 bits per heavy atom. The molecule has 0 radical (unpaired) electrons. The number of amides is 2. The van der Waals surface area contributed by atoms with Gasteiger partial charge in [-0.05, 0) is 38.5 Å². The van der Waals surface area contributed by atoms with Crippen molar-refractivity contribution in [2.24, 2.45) is 17.8 Å². The van der Waals surface area contributed by atoms with E-state index in [1.807, 2.05) is 13.8 Å². The van der Waals surface area contributed by atoms with Gasteiger partial charge < -0.3 is 24.4 Å². The topological polar surface area (TPSA) is 96.4 Å². The molecule has 8 heteroatoms. The van der Waals surface area contributed by atoms with E-state index in [2.05, 4.69) is 13.5 Å². The van der Waals surface area contributed by atoms with Crippen LogP contribution >= 0.6 is 0 Å². The van der Waals surface area contributed by atoms with Crippen LogP contribution in [-0.2, 0) is 23.9 Å². The number of rotatable bonds is 13. The van der Waals surface area contributed by atoms with Gasteiger partial charge in [0.15, 0.2) is 0 Å². The SMILES string of the molecule is C=CCN(CCCCC)C(=O)C1N([C@@H](CO)CC(C)C)C(=O)[C@@H]2[C@@H](C(=O)OCC)[C@H]3CCC12O3. The average molecular weight is 479 g/mol. The van der Waals surface area contributed by atoms with E-state index in [0.717, 1.165) is 19.3 Å². The summed E-state index contributed by atoms with van der Waals surface area (Å²) in [6, 6.07) is -1.39. The monoisotopic (exact) mass is 478 g/mol. The van der Waals surface area contributed by atoms with Gasteiger partial charge in [0, 0.05) is 13.1 Å². The highest BCUT2D eigenvalue weighted by Gasteiger charge is 2.75. The smallest absolute Gasteiger partial charge is 0.312 e. The fraction of sp³-hybridized carbons (Fsp3) is 0.808. The molecule has 0 aliphatic carbocycles. The summed E-state index contributed by atoms with van der Waals surface area (Å²) < 4.78 is 11.8. The number of aliphatic hydroxyl groups excluding tert-OH is 1. The standard InChI is InChI=1S/C26H42N2O6/c1-6-9-10-14-27(13-7-2)24(31)22-26-12-11-19(34-26)20(25(32)33-8-3)21(26)23(30)28(22)18(16-29)15-17(4)5/h7,17-22,29H,2,6,8-16H2,1,3-5H3/t18-,19-,20+,21+,22?,26?/m1/s1. The molecule has 192 valence electrons. The van der Waals surface area contributed by atoms with Crippen molar-refractivity contribution in [3.63, 3.8) is 0 Å². The van der Waals surface area contributed by atoms with Gasteiger partial charge in [-0.25, -0.2) is 0 Å². The van der Waals surface area contributed by atoms with Crippen LogP contribution in [0.2, 0.25) is 0 Å². The van der Waals surface area contributed by atoms with Crippen molar-refractivity contribution in [1.82, 2.24) is 9.80 Å². The summed E-state index contributed by atoms with van der Waals surface area (Å²) in [6.45, 7) is 12.6. The number of hydrogen-bond acceptors (Lipinski definition) is 6. The van der Waals surface area contributed by atoms with Crippen LogP contribution < -0.4 is 0 Å². The van der Waals surface area contributed by atoms with E-state index < -0.39 is 41.6 Å². The molecule has 2 bridgehead atoms. The predicted octanol–water partition coefficient (Wildman–Crippen LogP) is 2.54. The van der Waals surface area contributed by atoms with Crippen LogP contribution in [-0.4, -0.2) is 82.8 Å². The molecule has 3 heterocycles. The first-order valence-electron chi connectivity index (χ1n) is 12.9. The van der Waals surface area contributed by atoms with Crippen molar-refractivity contribution in [2.75, 3.05) is 26.3 Å². The second kappa shape index (κ2) is 11.2. The summed E-state index contributed by atoms with van der Waals surface area (Å²) in [5.74, 6) is -2.15. The quantitative estimate of drug-likeness (QED) is 0.248. The van der Waals surface area contributed by atoms with Gasteiger partial charge in [-0.1, -0.05) is 39.7 Å². The number of hydrogen-bond donors (Lipinski definition) is 1. The zero-order valence-corrected chi connectivity index (χ0v) is 21.2. The zero-order chi connectivity index (χ0) is 25.0. The van der Waals surface area contributed by atoms with Crippen molar-refractivity contribution in [3.05, 3.63) is 12.7 Å². The molecule has 34 heavy (non-hydrogen) atoms. The Hall–Kier alpha value is -1.93. The Bertz CT molecular complexity index is 770. The Kier molecular flexibility index (Phi) is 8.79. The largest absolute Gasteiger partial charge is 0.466 e. The number of aliphatic hydroxyl groups is 1. The molecule has 0 aromatic rings.